The Labute approximate surface area is 130 Å². The van der Waals surface area contributed by atoms with Gasteiger partial charge in [0.15, 0.2) is 0 Å². The number of hydrogen-bond acceptors (Lipinski definition) is 3. The van der Waals surface area contributed by atoms with Crippen LogP contribution in [0, 0.1) is 0 Å². The molecule has 0 unspecified atom stereocenters. The molecule has 112 valence electrons. The van der Waals surface area contributed by atoms with Gasteiger partial charge in [-0.1, -0.05) is 15.9 Å². The van der Waals surface area contributed by atoms with Gasteiger partial charge >= 0.3 is 0 Å². The minimum atomic E-state index is 0.793. The van der Waals surface area contributed by atoms with E-state index in [0.29, 0.717) is 0 Å². The fourth-order valence-electron chi connectivity index (χ4n) is 2.45. The van der Waals surface area contributed by atoms with E-state index >= 15 is 0 Å². The van der Waals surface area contributed by atoms with Crippen LogP contribution < -0.4 is 10.1 Å². The largest absolute Gasteiger partial charge is 0.492 e. The van der Waals surface area contributed by atoms with Crippen LogP contribution in [0.5, 0.6) is 5.75 Å². The normalized spacial score (nSPS) is 18.6. The van der Waals surface area contributed by atoms with E-state index in [1.807, 2.05) is 24.3 Å². The summed E-state index contributed by atoms with van der Waals surface area (Å²) in [7, 11) is 0. The predicted octanol–water partition coefficient (Wildman–Crippen LogP) is 3.29. The Bertz CT molecular complexity index is 352. The fourth-order valence-corrected chi connectivity index (χ4v) is 2.72. The first-order chi connectivity index (χ1) is 9.84. The van der Waals surface area contributed by atoms with Crippen molar-refractivity contribution in [2.75, 3.05) is 39.3 Å². The fraction of sp³-hybridized carbons (Fsp3) is 0.625. The number of likely N-dealkylation sites (tertiary alicyclic amines) is 1. The highest BCUT2D eigenvalue weighted by atomic mass is 79.9. The van der Waals surface area contributed by atoms with Gasteiger partial charge in [-0.2, -0.15) is 0 Å². The molecule has 1 aromatic carbocycles. The zero-order chi connectivity index (χ0) is 14.0. The van der Waals surface area contributed by atoms with Crippen LogP contribution in [0.3, 0.4) is 0 Å². The van der Waals surface area contributed by atoms with E-state index in [9.17, 15) is 0 Å². The minimum Gasteiger partial charge on any atom is -0.492 e. The smallest absolute Gasteiger partial charge is 0.119 e. The summed E-state index contributed by atoms with van der Waals surface area (Å²) < 4.78 is 6.75. The maximum Gasteiger partial charge on any atom is 0.119 e. The van der Waals surface area contributed by atoms with E-state index in [2.05, 4.69) is 26.1 Å². The molecule has 1 aromatic rings. The molecule has 2 fully saturated rings. The van der Waals surface area contributed by atoms with Gasteiger partial charge in [-0.05, 0) is 76.1 Å². The third-order valence-electron chi connectivity index (χ3n) is 3.65. The van der Waals surface area contributed by atoms with E-state index in [1.165, 1.54) is 51.9 Å². The van der Waals surface area contributed by atoms with Crippen molar-refractivity contribution in [3.63, 3.8) is 0 Å². The molecule has 0 aliphatic carbocycles. The average molecular weight is 341 g/mol. The Morgan fingerprint density at radius 2 is 1.65 bits per heavy atom. The Morgan fingerprint density at radius 3 is 2.20 bits per heavy atom. The van der Waals surface area contributed by atoms with Crippen molar-refractivity contribution in [3.8, 4) is 5.75 Å². The zero-order valence-corrected chi connectivity index (χ0v) is 13.7. The lowest BCUT2D eigenvalue weighted by atomic mass is 10.3. The molecule has 0 bridgehead atoms. The van der Waals surface area contributed by atoms with Gasteiger partial charge in [0, 0.05) is 11.0 Å². The van der Waals surface area contributed by atoms with Crippen LogP contribution in [0.2, 0.25) is 0 Å². The summed E-state index contributed by atoms with van der Waals surface area (Å²) in [6.45, 7) is 6.82. The molecule has 4 heteroatoms. The Morgan fingerprint density at radius 1 is 1.00 bits per heavy atom. The molecule has 0 aromatic heterocycles. The van der Waals surface area contributed by atoms with E-state index in [1.54, 1.807) is 0 Å². The minimum absolute atomic E-state index is 0.793. The van der Waals surface area contributed by atoms with E-state index in [-0.39, 0.29) is 0 Å². The highest BCUT2D eigenvalue weighted by Crippen LogP contribution is 2.16. The number of benzene rings is 1. The van der Waals surface area contributed by atoms with Crippen molar-refractivity contribution in [2.45, 2.75) is 25.7 Å². The second-order valence-corrected chi connectivity index (χ2v) is 6.22. The molecule has 2 saturated heterocycles. The molecule has 0 atom stereocenters. The van der Waals surface area contributed by atoms with Crippen molar-refractivity contribution in [2.24, 2.45) is 0 Å². The highest BCUT2D eigenvalue weighted by molar-refractivity contribution is 9.10. The van der Waals surface area contributed by atoms with Gasteiger partial charge in [-0.25, -0.2) is 0 Å². The number of hydrogen-bond donors (Lipinski definition) is 1. The quantitative estimate of drug-likeness (QED) is 0.910. The lowest BCUT2D eigenvalue weighted by molar-refractivity contribution is 0.238. The molecule has 0 radical (unpaired) electrons. The molecule has 0 saturated carbocycles. The van der Waals surface area contributed by atoms with Crippen LogP contribution in [-0.4, -0.2) is 44.2 Å². The summed E-state index contributed by atoms with van der Waals surface area (Å²) >= 11 is 3.40. The Kier molecular flexibility index (Phi) is 7.41. The summed E-state index contributed by atoms with van der Waals surface area (Å²) in [4.78, 5) is 2.46. The highest BCUT2D eigenvalue weighted by Gasteiger charge is 2.10. The van der Waals surface area contributed by atoms with Crippen molar-refractivity contribution >= 4 is 15.9 Å². The third-order valence-corrected chi connectivity index (χ3v) is 4.17. The van der Waals surface area contributed by atoms with Crippen molar-refractivity contribution in [1.29, 1.82) is 0 Å². The third kappa shape index (κ3) is 6.25. The molecular weight excluding hydrogens is 316 g/mol. The van der Waals surface area contributed by atoms with Crippen LogP contribution in [0.25, 0.3) is 0 Å². The average Bonchev–Trinajstić information content (AvgIpc) is 3.16. The monoisotopic (exact) mass is 340 g/mol. The van der Waals surface area contributed by atoms with Crippen LogP contribution >= 0.6 is 15.9 Å². The molecule has 3 nitrogen and oxygen atoms in total. The second kappa shape index (κ2) is 9.37. The van der Waals surface area contributed by atoms with Crippen LogP contribution in [0.4, 0.5) is 0 Å². The molecule has 20 heavy (non-hydrogen) atoms. The predicted molar refractivity (Wildman–Crippen MR) is 87.4 cm³/mol. The summed E-state index contributed by atoms with van der Waals surface area (Å²) in [5.74, 6) is 0.956. The Hall–Kier alpha value is -0.580. The summed E-state index contributed by atoms with van der Waals surface area (Å²) in [5.41, 5.74) is 0. The molecule has 0 spiro atoms. The van der Waals surface area contributed by atoms with Crippen molar-refractivity contribution < 1.29 is 4.74 Å². The van der Waals surface area contributed by atoms with Crippen LogP contribution in [0.15, 0.2) is 28.7 Å². The number of nitrogens with zero attached hydrogens (tertiary/aromatic N) is 1. The molecule has 3 rings (SSSR count). The first-order valence-corrected chi connectivity index (χ1v) is 8.45. The topological polar surface area (TPSA) is 24.5 Å². The number of nitrogens with one attached hydrogen (secondary N) is 1. The van der Waals surface area contributed by atoms with E-state index < -0.39 is 0 Å². The molecule has 2 aliphatic heterocycles. The number of rotatable bonds is 4. The van der Waals surface area contributed by atoms with Crippen molar-refractivity contribution in [3.05, 3.63) is 28.7 Å². The van der Waals surface area contributed by atoms with Gasteiger partial charge in [0.25, 0.3) is 0 Å². The Balaban J connectivity index is 0.000000247. The maximum atomic E-state index is 5.66. The van der Waals surface area contributed by atoms with E-state index in [4.69, 9.17) is 4.74 Å². The zero-order valence-electron chi connectivity index (χ0n) is 12.1. The molecule has 1 N–H and O–H groups in total. The molecule has 2 aliphatic rings. The van der Waals surface area contributed by atoms with Crippen molar-refractivity contribution in [1.82, 2.24) is 10.2 Å². The maximum absolute atomic E-state index is 5.66. The summed E-state index contributed by atoms with van der Waals surface area (Å²) in [5, 5.41) is 3.22. The number of halogens is 1. The van der Waals surface area contributed by atoms with Gasteiger partial charge in [0.1, 0.15) is 12.4 Å². The standard InChI is InChI=1S/C12H16BrNO.C4H9N/c13-11-3-5-12(6-4-11)15-10-9-14-7-1-2-8-14;1-2-4-5-3-1/h3-6H,1-2,7-10H2;5H,1-4H2. The SMILES string of the molecule is Brc1ccc(OCCN2CCCC2)cc1.C1CCNC1. The summed E-state index contributed by atoms with van der Waals surface area (Å²) in [6, 6.07) is 8.00. The molecular formula is C16H25BrN2O. The first-order valence-electron chi connectivity index (χ1n) is 7.66. The van der Waals surface area contributed by atoms with E-state index in [0.717, 1.165) is 23.4 Å². The lowest BCUT2D eigenvalue weighted by Gasteiger charge is -2.14. The lowest BCUT2D eigenvalue weighted by Crippen LogP contribution is -2.25. The number of ether oxygens (including phenoxy) is 1. The van der Waals surface area contributed by atoms with Gasteiger partial charge < -0.3 is 10.1 Å². The van der Waals surface area contributed by atoms with Crippen LogP contribution in [0.1, 0.15) is 25.7 Å². The second-order valence-electron chi connectivity index (χ2n) is 5.31. The van der Waals surface area contributed by atoms with Crippen LogP contribution in [-0.2, 0) is 0 Å². The van der Waals surface area contributed by atoms with Gasteiger partial charge in [0.2, 0.25) is 0 Å². The first kappa shape index (κ1) is 15.8. The van der Waals surface area contributed by atoms with Gasteiger partial charge in [-0.3, -0.25) is 4.90 Å². The molecule has 2 heterocycles. The van der Waals surface area contributed by atoms with Gasteiger partial charge in [-0.15, -0.1) is 0 Å². The molecule has 0 amide bonds. The van der Waals surface area contributed by atoms with Gasteiger partial charge in [0.05, 0.1) is 0 Å². The summed E-state index contributed by atoms with van der Waals surface area (Å²) in [6.07, 6.45) is 5.47.